The van der Waals surface area contributed by atoms with Gasteiger partial charge in [-0.2, -0.15) is 0 Å². The minimum Gasteiger partial charge on any atom is -0.496 e. The van der Waals surface area contributed by atoms with E-state index in [0.29, 0.717) is 5.75 Å². The van der Waals surface area contributed by atoms with Crippen molar-refractivity contribution >= 4 is 11.8 Å². The lowest BCUT2D eigenvalue weighted by Gasteiger charge is -2.14. The Balaban J connectivity index is 2.89. The van der Waals surface area contributed by atoms with Crippen LogP contribution in [-0.2, 0) is 6.42 Å². The molecule has 0 N–H and O–H groups in total. The Hall–Kier alpha value is -0.970. The highest BCUT2D eigenvalue weighted by atomic mass is 32.2. The highest BCUT2D eigenvalue weighted by Crippen LogP contribution is 2.36. The van der Waals surface area contributed by atoms with Crippen LogP contribution < -0.4 is 9.47 Å². The quantitative estimate of drug-likeness (QED) is 0.661. The van der Waals surface area contributed by atoms with Crippen molar-refractivity contribution in [1.29, 1.82) is 0 Å². The first-order valence-electron chi connectivity index (χ1n) is 6.28. The minimum atomic E-state index is -2.26. The van der Waals surface area contributed by atoms with Crippen LogP contribution in [0, 0.1) is 0 Å². The van der Waals surface area contributed by atoms with E-state index >= 15 is 0 Å². The topological polar surface area (TPSA) is 18.5 Å². The third-order valence-corrected chi connectivity index (χ3v) is 3.75. The molecule has 0 aliphatic heterocycles. The molecule has 5 heteroatoms. The van der Waals surface area contributed by atoms with Crippen molar-refractivity contribution in [3.63, 3.8) is 0 Å². The third-order valence-electron chi connectivity index (χ3n) is 2.68. The standard InChI is InChI=1S/C14H20F2O2S/c1-4-5-10-8-12(18-3)13(9-11(10)17-2)19-7-6-14(15)16/h8-9,14H,4-7H2,1-3H3. The molecular formula is C14H20F2O2S. The van der Waals surface area contributed by atoms with Gasteiger partial charge in [-0.3, -0.25) is 0 Å². The van der Waals surface area contributed by atoms with Crippen LogP contribution in [-0.4, -0.2) is 26.4 Å². The maximum atomic E-state index is 12.2. The molecule has 19 heavy (non-hydrogen) atoms. The summed E-state index contributed by atoms with van der Waals surface area (Å²) >= 11 is 1.37. The van der Waals surface area contributed by atoms with Crippen molar-refractivity contribution < 1.29 is 18.3 Å². The van der Waals surface area contributed by atoms with Gasteiger partial charge < -0.3 is 9.47 Å². The van der Waals surface area contributed by atoms with Gasteiger partial charge in [-0.1, -0.05) is 13.3 Å². The van der Waals surface area contributed by atoms with E-state index in [1.165, 1.54) is 11.8 Å². The van der Waals surface area contributed by atoms with Crippen molar-refractivity contribution in [3.8, 4) is 11.5 Å². The highest BCUT2D eigenvalue weighted by Gasteiger charge is 2.12. The molecule has 0 saturated heterocycles. The molecule has 0 amide bonds. The van der Waals surface area contributed by atoms with Gasteiger partial charge in [0.25, 0.3) is 0 Å². The summed E-state index contributed by atoms with van der Waals surface area (Å²) in [5.41, 5.74) is 1.08. The third kappa shape index (κ3) is 4.90. The molecule has 1 aromatic carbocycles. The van der Waals surface area contributed by atoms with Gasteiger partial charge in [-0.05, 0) is 24.1 Å². The summed E-state index contributed by atoms with van der Waals surface area (Å²) in [7, 11) is 3.21. The first-order valence-corrected chi connectivity index (χ1v) is 7.26. The molecule has 0 atom stereocenters. The molecule has 1 aromatic rings. The largest absolute Gasteiger partial charge is 0.496 e. The predicted molar refractivity (Wildman–Crippen MR) is 74.9 cm³/mol. The molecule has 0 bridgehead atoms. The molecule has 0 aliphatic rings. The first-order chi connectivity index (χ1) is 9.12. The average Bonchev–Trinajstić information content (AvgIpc) is 2.39. The second-order valence-electron chi connectivity index (χ2n) is 4.09. The van der Waals surface area contributed by atoms with E-state index in [9.17, 15) is 8.78 Å². The molecule has 0 aliphatic carbocycles. The molecular weight excluding hydrogens is 270 g/mol. The van der Waals surface area contributed by atoms with E-state index in [4.69, 9.17) is 9.47 Å². The molecule has 2 nitrogen and oxygen atoms in total. The maximum Gasteiger partial charge on any atom is 0.239 e. The van der Waals surface area contributed by atoms with Crippen LogP contribution in [0.25, 0.3) is 0 Å². The van der Waals surface area contributed by atoms with E-state index in [0.717, 1.165) is 34.8 Å². The lowest BCUT2D eigenvalue weighted by Crippen LogP contribution is -1.97. The number of hydrogen-bond acceptors (Lipinski definition) is 3. The van der Waals surface area contributed by atoms with Crippen LogP contribution in [0.15, 0.2) is 17.0 Å². The maximum absolute atomic E-state index is 12.2. The molecule has 0 unspecified atom stereocenters. The second-order valence-corrected chi connectivity index (χ2v) is 5.23. The fourth-order valence-electron chi connectivity index (χ4n) is 1.77. The number of aryl methyl sites for hydroxylation is 1. The van der Waals surface area contributed by atoms with Gasteiger partial charge in [0.15, 0.2) is 0 Å². The van der Waals surface area contributed by atoms with Crippen molar-refractivity contribution in [1.82, 2.24) is 0 Å². The van der Waals surface area contributed by atoms with Gasteiger partial charge in [0.1, 0.15) is 11.5 Å². The lowest BCUT2D eigenvalue weighted by atomic mass is 10.1. The number of alkyl halides is 2. The number of hydrogen-bond donors (Lipinski definition) is 0. The van der Waals surface area contributed by atoms with E-state index in [1.54, 1.807) is 14.2 Å². The predicted octanol–water partition coefficient (Wildman–Crippen LogP) is 4.40. The van der Waals surface area contributed by atoms with Crippen LogP contribution in [0.5, 0.6) is 11.5 Å². The number of ether oxygens (including phenoxy) is 2. The Labute approximate surface area is 117 Å². The summed E-state index contributed by atoms with van der Waals surface area (Å²) in [6.07, 6.45) is -0.467. The van der Waals surface area contributed by atoms with Gasteiger partial charge in [-0.15, -0.1) is 11.8 Å². The van der Waals surface area contributed by atoms with Crippen molar-refractivity contribution in [2.24, 2.45) is 0 Å². The molecule has 0 aromatic heterocycles. The van der Waals surface area contributed by atoms with Gasteiger partial charge in [0, 0.05) is 12.2 Å². The van der Waals surface area contributed by atoms with Gasteiger partial charge in [-0.25, -0.2) is 8.78 Å². The number of methoxy groups -OCH3 is 2. The van der Waals surface area contributed by atoms with Crippen LogP contribution in [0.1, 0.15) is 25.3 Å². The summed E-state index contributed by atoms with van der Waals surface area (Å²) < 4.78 is 35.0. The van der Waals surface area contributed by atoms with Gasteiger partial charge in [0.2, 0.25) is 6.43 Å². The van der Waals surface area contributed by atoms with Crippen molar-refractivity contribution in [2.75, 3.05) is 20.0 Å². The van der Waals surface area contributed by atoms with Crippen LogP contribution in [0.2, 0.25) is 0 Å². The molecule has 108 valence electrons. The van der Waals surface area contributed by atoms with Crippen LogP contribution in [0.4, 0.5) is 8.78 Å². The summed E-state index contributed by atoms with van der Waals surface area (Å²) in [5, 5.41) is 0. The van der Waals surface area contributed by atoms with E-state index < -0.39 is 6.43 Å². The molecule has 0 saturated carbocycles. The molecule has 1 rings (SSSR count). The summed E-state index contributed by atoms with van der Waals surface area (Å²) in [5.74, 6) is 1.88. The zero-order chi connectivity index (χ0) is 14.3. The number of halogens is 2. The Kier molecular flexibility index (Phi) is 6.99. The first kappa shape index (κ1) is 16.1. The van der Waals surface area contributed by atoms with Crippen LogP contribution in [0.3, 0.4) is 0 Å². The summed E-state index contributed by atoms with van der Waals surface area (Å²) in [4.78, 5) is 0.847. The fraction of sp³-hybridized carbons (Fsp3) is 0.571. The van der Waals surface area contributed by atoms with E-state index in [1.807, 2.05) is 12.1 Å². The van der Waals surface area contributed by atoms with Gasteiger partial charge >= 0.3 is 0 Å². The van der Waals surface area contributed by atoms with Crippen molar-refractivity contribution in [2.45, 2.75) is 37.5 Å². The number of thioether (sulfide) groups is 1. The number of rotatable bonds is 8. The highest BCUT2D eigenvalue weighted by molar-refractivity contribution is 7.99. The van der Waals surface area contributed by atoms with E-state index in [-0.39, 0.29) is 6.42 Å². The normalized spacial score (nSPS) is 10.8. The molecule has 0 spiro atoms. The lowest BCUT2D eigenvalue weighted by molar-refractivity contribution is 0.145. The summed E-state index contributed by atoms with van der Waals surface area (Å²) in [6, 6.07) is 3.81. The number of benzene rings is 1. The second kappa shape index (κ2) is 8.25. The Bertz CT molecular complexity index is 397. The SMILES string of the molecule is CCCc1cc(OC)c(SCCC(F)F)cc1OC. The summed E-state index contributed by atoms with van der Waals surface area (Å²) in [6.45, 7) is 2.09. The molecule has 0 radical (unpaired) electrons. The Morgan fingerprint density at radius 2 is 1.84 bits per heavy atom. The molecule has 0 fully saturated rings. The smallest absolute Gasteiger partial charge is 0.239 e. The Morgan fingerprint density at radius 1 is 1.16 bits per heavy atom. The van der Waals surface area contributed by atoms with Gasteiger partial charge in [0.05, 0.1) is 19.1 Å². The Morgan fingerprint density at radius 3 is 2.37 bits per heavy atom. The molecule has 0 heterocycles. The zero-order valence-electron chi connectivity index (χ0n) is 11.5. The van der Waals surface area contributed by atoms with Crippen LogP contribution >= 0.6 is 11.8 Å². The average molecular weight is 290 g/mol. The van der Waals surface area contributed by atoms with E-state index in [2.05, 4.69) is 6.92 Å². The monoisotopic (exact) mass is 290 g/mol. The zero-order valence-corrected chi connectivity index (χ0v) is 12.4. The fourth-order valence-corrected chi connectivity index (χ4v) is 2.76. The minimum absolute atomic E-state index is 0.118. The van der Waals surface area contributed by atoms with Crippen molar-refractivity contribution in [3.05, 3.63) is 17.7 Å².